The first-order chi connectivity index (χ1) is 16.7. The number of β-amino-alcohol motifs (C(OH)–C–C–N with tert-alkyl or cyclic N) is 2. The summed E-state index contributed by atoms with van der Waals surface area (Å²) in [5, 5.41) is 19.6. The van der Waals surface area contributed by atoms with Crippen LogP contribution in [-0.4, -0.2) is 79.0 Å². The molecule has 182 valence electrons. The quantitative estimate of drug-likeness (QED) is 0.607. The second-order valence-corrected chi connectivity index (χ2v) is 9.46. The first-order valence-corrected chi connectivity index (χ1v) is 12.6. The predicted molar refractivity (Wildman–Crippen MR) is 134 cm³/mol. The summed E-state index contributed by atoms with van der Waals surface area (Å²) in [6.07, 6.45) is 5.11. The van der Waals surface area contributed by atoms with Crippen LogP contribution in [-0.2, 0) is 4.74 Å². The molecule has 2 fully saturated rings. The maximum Gasteiger partial charge on any atom is 0.183 e. The third-order valence-electron chi connectivity index (χ3n) is 7.65. The molecule has 2 aromatic rings. The van der Waals surface area contributed by atoms with Crippen LogP contribution in [0, 0.1) is 0 Å². The van der Waals surface area contributed by atoms with Gasteiger partial charge in [0.15, 0.2) is 5.78 Å². The molecule has 2 N–H and O–H groups in total. The molecule has 34 heavy (non-hydrogen) atoms. The van der Waals surface area contributed by atoms with E-state index >= 15 is 0 Å². The number of nitrogens with zero attached hydrogens (tertiary/aromatic N) is 3. The summed E-state index contributed by atoms with van der Waals surface area (Å²) in [6, 6.07) is 14.0. The van der Waals surface area contributed by atoms with E-state index in [0.29, 0.717) is 26.3 Å². The number of aliphatic hydroxyl groups excluding tert-OH is 2. The van der Waals surface area contributed by atoms with E-state index in [4.69, 9.17) is 4.74 Å². The van der Waals surface area contributed by atoms with Gasteiger partial charge in [0.1, 0.15) is 0 Å². The molecule has 7 nitrogen and oxygen atoms in total. The van der Waals surface area contributed by atoms with Crippen LogP contribution in [0.4, 0.5) is 22.7 Å². The molecule has 2 heterocycles. The van der Waals surface area contributed by atoms with E-state index in [2.05, 4.69) is 14.7 Å². The van der Waals surface area contributed by atoms with E-state index in [1.54, 1.807) is 0 Å². The largest absolute Gasteiger partial charge is 0.395 e. The number of hydrogen-bond donors (Lipinski definition) is 2. The highest BCUT2D eigenvalue weighted by molar-refractivity contribution is 6.06. The Bertz CT molecular complexity index is 1010. The van der Waals surface area contributed by atoms with Crippen molar-refractivity contribution in [2.75, 3.05) is 62.4 Å². The van der Waals surface area contributed by atoms with Crippen molar-refractivity contribution in [2.45, 2.75) is 37.6 Å². The number of anilines is 4. The molecule has 0 bridgehead atoms. The second-order valence-electron chi connectivity index (χ2n) is 9.46. The fourth-order valence-corrected chi connectivity index (χ4v) is 6.05. The topological polar surface area (TPSA) is 76.5 Å². The minimum Gasteiger partial charge on any atom is -0.395 e. The van der Waals surface area contributed by atoms with Crippen LogP contribution in [0.25, 0.3) is 0 Å². The lowest BCUT2D eigenvalue weighted by Gasteiger charge is -2.47. The molecule has 2 aliphatic heterocycles. The van der Waals surface area contributed by atoms with E-state index in [0.717, 1.165) is 67.1 Å². The Labute approximate surface area is 201 Å². The van der Waals surface area contributed by atoms with Gasteiger partial charge in [-0.3, -0.25) is 9.69 Å². The van der Waals surface area contributed by atoms with Gasteiger partial charge in [-0.15, -0.1) is 0 Å². The Kier molecular flexibility index (Phi) is 6.88. The summed E-state index contributed by atoms with van der Waals surface area (Å²) in [5.41, 5.74) is 4.08. The molecule has 1 aliphatic carbocycles. The molecule has 0 radical (unpaired) electrons. The Morgan fingerprint density at radius 1 is 0.824 bits per heavy atom. The summed E-state index contributed by atoms with van der Waals surface area (Å²) in [5.74, 6) is 0.202. The smallest absolute Gasteiger partial charge is 0.183 e. The molecule has 0 aromatic heterocycles. The lowest BCUT2D eigenvalue weighted by molar-refractivity contribution is -0.0264. The number of Topliss-reactive ketones (excluding diaryl/α,β-unsaturated/α-hetero) is 1. The molecule has 1 saturated carbocycles. The van der Waals surface area contributed by atoms with Crippen molar-refractivity contribution in [3.8, 4) is 0 Å². The van der Waals surface area contributed by atoms with Crippen LogP contribution in [0.15, 0.2) is 42.5 Å². The number of morpholine rings is 1. The molecule has 0 atom stereocenters. The van der Waals surface area contributed by atoms with Crippen molar-refractivity contribution < 1.29 is 19.7 Å². The van der Waals surface area contributed by atoms with Gasteiger partial charge < -0.3 is 24.7 Å². The number of ketones is 1. The van der Waals surface area contributed by atoms with Gasteiger partial charge in [0.25, 0.3) is 0 Å². The summed E-state index contributed by atoms with van der Waals surface area (Å²) >= 11 is 0. The number of ether oxygens (including phenoxy) is 1. The first-order valence-electron chi connectivity index (χ1n) is 12.6. The second kappa shape index (κ2) is 10.0. The van der Waals surface area contributed by atoms with E-state index in [1.165, 1.54) is 6.42 Å². The number of para-hydroxylation sites is 2. The van der Waals surface area contributed by atoms with Crippen LogP contribution < -0.4 is 9.80 Å². The van der Waals surface area contributed by atoms with Crippen molar-refractivity contribution in [1.29, 1.82) is 0 Å². The molecule has 0 spiro atoms. The Morgan fingerprint density at radius 3 is 2.03 bits per heavy atom. The van der Waals surface area contributed by atoms with Gasteiger partial charge in [-0.1, -0.05) is 31.4 Å². The SMILES string of the molecule is O=C(c1ccc2c(c1)N(CCO)c1ccccc1N2CCO)C1(N2CCOCC2)CCCCC1. The average Bonchev–Trinajstić information content (AvgIpc) is 2.90. The zero-order valence-corrected chi connectivity index (χ0v) is 19.8. The maximum absolute atomic E-state index is 14.2. The van der Waals surface area contributed by atoms with Crippen LogP contribution in [0.1, 0.15) is 42.5 Å². The molecule has 3 aliphatic rings. The molecule has 5 rings (SSSR count). The first kappa shape index (κ1) is 23.3. The highest BCUT2D eigenvalue weighted by atomic mass is 16.5. The summed E-state index contributed by atoms with van der Waals surface area (Å²) < 4.78 is 5.60. The van der Waals surface area contributed by atoms with E-state index in [-0.39, 0.29) is 19.0 Å². The number of fused-ring (bicyclic) bond motifs is 2. The van der Waals surface area contributed by atoms with Crippen LogP contribution in [0.2, 0.25) is 0 Å². The highest BCUT2D eigenvalue weighted by Crippen LogP contribution is 2.48. The summed E-state index contributed by atoms with van der Waals surface area (Å²) in [4.78, 5) is 20.8. The van der Waals surface area contributed by atoms with Gasteiger partial charge in [0.2, 0.25) is 0 Å². The number of rotatable bonds is 7. The van der Waals surface area contributed by atoms with Crippen LogP contribution >= 0.6 is 0 Å². The van der Waals surface area contributed by atoms with Gasteiger partial charge in [0.05, 0.1) is 54.7 Å². The number of carbonyl (C=O) groups is 1. The minimum atomic E-state index is -0.463. The lowest BCUT2D eigenvalue weighted by atomic mass is 9.74. The number of benzene rings is 2. The number of carbonyl (C=O) groups excluding carboxylic acids is 1. The third-order valence-corrected chi connectivity index (χ3v) is 7.65. The van der Waals surface area contributed by atoms with Crippen molar-refractivity contribution >= 4 is 28.5 Å². The molecule has 0 amide bonds. The predicted octanol–water partition coefficient (Wildman–Crippen LogP) is 3.48. The van der Waals surface area contributed by atoms with Crippen molar-refractivity contribution in [3.05, 3.63) is 48.0 Å². The van der Waals surface area contributed by atoms with Crippen LogP contribution in [0.5, 0.6) is 0 Å². The van der Waals surface area contributed by atoms with E-state index in [9.17, 15) is 15.0 Å². The fraction of sp³-hybridized carbons (Fsp3) is 0.519. The molecular weight excluding hydrogens is 430 g/mol. The van der Waals surface area contributed by atoms with Gasteiger partial charge in [0, 0.05) is 31.7 Å². The van der Waals surface area contributed by atoms with Gasteiger partial charge in [-0.2, -0.15) is 0 Å². The maximum atomic E-state index is 14.2. The van der Waals surface area contributed by atoms with Gasteiger partial charge in [-0.05, 0) is 43.2 Å². The fourth-order valence-electron chi connectivity index (χ4n) is 6.05. The minimum absolute atomic E-state index is 0.00363. The Hall–Kier alpha value is -2.45. The monoisotopic (exact) mass is 465 g/mol. The molecular formula is C27H35N3O4. The Morgan fingerprint density at radius 2 is 1.41 bits per heavy atom. The third kappa shape index (κ3) is 4.01. The van der Waals surface area contributed by atoms with Crippen molar-refractivity contribution in [1.82, 2.24) is 4.90 Å². The standard InChI is InChI=1S/C27H35N3O4/c31-16-12-29-22-6-2-3-7-23(22)30(13-17-32)25-20-21(8-9-24(25)29)26(33)27(10-4-1-5-11-27)28-14-18-34-19-15-28/h2-3,6-9,20,31-32H,1,4-5,10-19H2. The van der Waals surface area contributed by atoms with Crippen molar-refractivity contribution in [2.24, 2.45) is 0 Å². The normalized spacial score (nSPS) is 20.1. The lowest BCUT2D eigenvalue weighted by Crippen LogP contribution is -2.59. The number of aliphatic hydroxyl groups is 2. The Balaban J connectivity index is 1.57. The zero-order valence-electron chi connectivity index (χ0n) is 19.8. The van der Waals surface area contributed by atoms with E-state index < -0.39 is 5.54 Å². The zero-order chi connectivity index (χ0) is 23.5. The van der Waals surface area contributed by atoms with E-state index in [1.807, 2.05) is 42.5 Å². The molecule has 0 unspecified atom stereocenters. The van der Waals surface area contributed by atoms with Crippen molar-refractivity contribution in [3.63, 3.8) is 0 Å². The highest BCUT2D eigenvalue weighted by Gasteiger charge is 2.45. The summed E-state index contributed by atoms with van der Waals surface area (Å²) in [6.45, 7) is 3.87. The molecule has 2 aromatic carbocycles. The molecule has 7 heteroatoms. The van der Waals surface area contributed by atoms with Gasteiger partial charge >= 0.3 is 0 Å². The number of hydrogen-bond acceptors (Lipinski definition) is 7. The van der Waals surface area contributed by atoms with Gasteiger partial charge in [-0.25, -0.2) is 0 Å². The molecule has 1 saturated heterocycles. The average molecular weight is 466 g/mol. The summed E-state index contributed by atoms with van der Waals surface area (Å²) in [7, 11) is 0. The van der Waals surface area contributed by atoms with Crippen LogP contribution in [0.3, 0.4) is 0 Å².